The first-order chi connectivity index (χ1) is 12.1. The molecule has 0 aliphatic carbocycles. The zero-order chi connectivity index (χ0) is 17.8. The highest BCUT2D eigenvalue weighted by Crippen LogP contribution is 2.30. The van der Waals surface area contributed by atoms with Crippen molar-refractivity contribution in [3.8, 4) is 5.75 Å². The van der Waals surface area contributed by atoms with Crippen LogP contribution in [0, 0.1) is 10.1 Å². The number of aromatic nitrogens is 1. The normalized spacial score (nSPS) is 11.0. The van der Waals surface area contributed by atoms with Gasteiger partial charge in [0.15, 0.2) is 18.2 Å². The molecule has 3 N–H and O–H groups in total. The minimum atomic E-state index is -0.685. The van der Waals surface area contributed by atoms with Crippen molar-refractivity contribution in [2.45, 2.75) is 0 Å². The molecule has 0 saturated heterocycles. The van der Waals surface area contributed by atoms with Gasteiger partial charge in [-0.25, -0.2) is 0 Å². The van der Waals surface area contributed by atoms with Crippen LogP contribution < -0.4 is 10.5 Å². The van der Waals surface area contributed by atoms with E-state index in [9.17, 15) is 14.9 Å². The number of hydrogen-bond acceptors (Lipinski definition) is 6. The van der Waals surface area contributed by atoms with Crippen LogP contribution >= 0.6 is 0 Å². The van der Waals surface area contributed by atoms with Gasteiger partial charge in [-0.3, -0.25) is 14.9 Å². The smallest absolute Gasteiger partial charge is 0.310 e. The molecule has 3 rings (SSSR count). The summed E-state index contributed by atoms with van der Waals surface area (Å²) in [4.78, 5) is 25.0. The fourth-order valence-corrected chi connectivity index (χ4v) is 2.27. The maximum Gasteiger partial charge on any atom is 0.310 e. The average Bonchev–Trinajstić information content (AvgIpc) is 2.95. The highest BCUT2D eigenvalue weighted by atomic mass is 16.6. The molecule has 2 aromatic carbocycles. The Morgan fingerprint density at radius 2 is 1.84 bits per heavy atom. The summed E-state index contributed by atoms with van der Waals surface area (Å²) in [5.41, 5.74) is 5.61. The number of amides is 1. The van der Waals surface area contributed by atoms with Crippen LogP contribution in [0.15, 0.2) is 58.8 Å². The lowest BCUT2D eigenvalue weighted by atomic mass is 10.2. The number of benzene rings is 2. The lowest BCUT2D eigenvalue weighted by Crippen LogP contribution is -2.09. The lowest BCUT2D eigenvalue weighted by molar-refractivity contribution is -0.385. The van der Waals surface area contributed by atoms with Gasteiger partial charge in [0, 0.05) is 16.8 Å². The van der Waals surface area contributed by atoms with Gasteiger partial charge in [0.05, 0.1) is 4.92 Å². The van der Waals surface area contributed by atoms with E-state index in [0.717, 1.165) is 10.8 Å². The topological polar surface area (TPSA) is 136 Å². The number of carbonyl (C=O) groups is 1. The Bertz CT molecular complexity index is 980. The molecule has 25 heavy (non-hydrogen) atoms. The first kappa shape index (κ1) is 16.1. The summed E-state index contributed by atoms with van der Waals surface area (Å²) in [7, 11) is 0. The molecule has 1 amide bonds. The van der Waals surface area contributed by atoms with E-state index < -0.39 is 17.4 Å². The summed E-state index contributed by atoms with van der Waals surface area (Å²) in [6, 6.07) is 13.0. The highest BCUT2D eigenvalue weighted by Gasteiger charge is 2.15. The van der Waals surface area contributed by atoms with Crippen LogP contribution in [-0.4, -0.2) is 22.4 Å². The molecular formula is C16H13N5O4. The van der Waals surface area contributed by atoms with Crippen molar-refractivity contribution in [2.24, 2.45) is 10.2 Å². The summed E-state index contributed by atoms with van der Waals surface area (Å²) in [6.45, 7) is -0.470. The Morgan fingerprint density at radius 1 is 1.16 bits per heavy atom. The van der Waals surface area contributed by atoms with Gasteiger partial charge in [0.2, 0.25) is 0 Å². The summed E-state index contributed by atoms with van der Waals surface area (Å²) >= 11 is 0. The second-order valence-corrected chi connectivity index (χ2v) is 5.04. The summed E-state index contributed by atoms with van der Waals surface area (Å²) in [6.07, 6.45) is 0. The molecule has 1 aromatic heterocycles. The zero-order valence-electron chi connectivity index (χ0n) is 12.9. The number of rotatable bonds is 5. The van der Waals surface area contributed by atoms with Crippen LogP contribution in [0.5, 0.6) is 5.75 Å². The van der Waals surface area contributed by atoms with Crippen LogP contribution in [0.3, 0.4) is 0 Å². The molecule has 0 unspecified atom stereocenters. The van der Waals surface area contributed by atoms with Crippen molar-refractivity contribution < 1.29 is 14.5 Å². The number of aromatic amines is 1. The minimum Gasteiger partial charge on any atom is -0.477 e. The number of hydrogen-bond donors (Lipinski definition) is 2. The molecule has 0 spiro atoms. The molecule has 0 atom stereocenters. The molecule has 126 valence electrons. The Hall–Kier alpha value is -3.75. The van der Waals surface area contributed by atoms with Crippen LogP contribution in [0.1, 0.15) is 0 Å². The van der Waals surface area contributed by atoms with Crippen molar-refractivity contribution in [3.05, 3.63) is 58.6 Å². The molecule has 0 saturated carbocycles. The number of nitrogens with zero attached hydrogens (tertiary/aromatic N) is 3. The van der Waals surface area contributed by atoms with Crippen LogP contribution in [0.25, 0.3) is 10.8 Å². The standard InChI is InChI=1S/C16H13N5O4/c17-15-10-5-1-2-6-11(10)16(18-15)20-19-14(22)9-25-13-8-4-3-7-12(13)21(23)24/h1-8,18H,9,17H2. The van der Waals surface area contributed by atoms with Gasteiger partial charge in [-0.1, -0.05) is 36.4 Å². The number of H-pyrrole nitrogens is 1. The number of nitrogens with two attached hydrogens (primary N) is 1. The Kier molecular flexibility index (Phi) is 4.38. The van der Waals surface area contributed by atoms with Gasteiger partial charge in [-0.2, -0.15) is 0 Å². The number of nitro groups is 1. The lowest BCUT2D eigenvalue weighted by Gasteiger charge is -2.03. The average molecular weight is 339 g/mol. The van der Waals surface area contributed by atoms with Crippen LogP contribution in [0.2, 0.25) is 0 Å². The number of nitrogen functional groups attached to an aromatic ring is 1. The van der Waals surface area contributed by atoms with Crippen molar-refractivity contribution in [1.82, 2.24) is 4.98 Å². The van der Waals surface area contributed by atoms with Crippen molar-refractivity contribution in [2.75, 3.05) is 12.3 Å². The third-order valence-electron chi connectivity index (χ3n) is 3.40. The van der Waals surface area contributed by atoms with E-state index in [1.165, 1.54) is 18.2 Å². The number of nitrogens with one attached hydrogen (secondary N) is 1. The first-order valence-electron chi connectivity index (χ1n) is 7.23. The van der Waals surface area contributed by atoms with Gasteiger partial charge >= 0.3 is 11.6 Å². The molecule has 9 nitrogen and oxygen atoms in total. The van der Waals surface area contributed by atoms with Gasteiger partial charge in [0.1, 0.15) is 5.82 Å². The van der Waals surface area contributed by atoms with Crippen molar-refractivity contribution in [1.29, 1.82) is 0 Å². The van der Waals surface area contributed by atoms with E-state index in [-0.39, 0.29) is 11.4 Å². The number of carbonyl (C=O) groups excluding carboxylic acids is 1. The maximum absolute atomic E-state index is 11.8. The molecule has 1 heterocycles. The molecule has 0 aliphatic rings. The summed E-state index contributed by atoms with van der Waals surface area (Å²) in [5, 5.41) is 19.8. The second-order valence-electron chi connectivity index (χ2n) is 5.04. The number of nitro benzene ring substituents is 1. The number of anilines is 1. The molecule has 0 aliphatic heterocycles. The van der Waals surface area contributed by atoms with Crippen LogP contribution in [-0.2, 0) is 4.79 Å². The van der Waals surface area contributed by atoms with E-state index in [2.05, 4.69) is 15.2 Å². The fourth-order valence-electron chi connectivity index (χ4n) is 2.27. The largest absolute Gasteiger partial charge is 0.477 e. The zero-order valence-corrected chi connectivity index (χ0v) is 12.9. The van der Waals surface area contributed by atoms with E-state index in [4.69, 9.17) is 10.5 Å². The Morgan fingerprint density at radius 3 is 2.60 bits per heavy atom. The fraction of sp³-hybridized carbons (Fsp3) is 0.0625. The van der Waals surface area contributed by atoms with E-state index in [1.807, 2.05) is 18.2 Å². The first-order valence-corrected chi connectivity index (χ1v) is 7.23. The quantitative estimate of drug-likeness (QED) is 0.417. The predicted octanol–water partition coefficient (Wildman–Crippen LogP) is 3.35. The number of fused-ring (bicyclic) bond motifs is 1. The molecule has 0 fully saturated rings. The van der Waals surface area contributed by atoms with Crippen LogP contribution in [0.4, 0.5) is 17.3 Å². The van der Waals surface area contributed by atoms with E-state index >= 15 is 0 Å². The Balaban J connectivity index is 1.70. The number of ether oxygens (including phenoxy) is 1. The second kappa shape index (κ2) is 6.79. The van der Waals surface area contributed by atoms with Gasteiger partial charge in [-0.15, -0.1) is 10.2 Å². The third kappa shape index (κ3) is 3.44. The maximum atomic E-state index is 11.8. The van der Waals surface area contributed by atoms with Crippen molar-refractivity contribution in [3.63, 3.8) is 0 Å². The number of azo groups is 1. The highest BCUT2D eigenvalue weighted by molar-refractivity contribution is 5.99. The van der Waals surface area contributed by atoms with Gasteiger partial charge in [0.25, 0.3) is 0 Å². The minimum absolute atomic E-state index is 0.00869. The monoisotopic (exact) mass is 339 g/mol. The molecular weight excluding hydrogens is 326 g/mol. The Labute approximate surface area is 141 Å². The molecule has 0 radical (unpaired) electrons. The molecule has 9 heteroatoms. The predicted molar refractivity (Wildman–Crippen MR) is 90.8 cm³/mol. The van der Waals surface area contributed by atoms with Gasteiger partial charge < -0.3 is 15.5 Å². The molecule has 3 aromatic rings. The van der Waals surface area contributed by atoms with Gasteiger partial charge in [-0.05, 0) is 6.07 Å². The van der Waals surface area contributed by atoms with E-state index in [0.29, 0.717) is 11.6 Å². The number of para-hydroxylation sites is 2. The summed E-state index contributed by atoms with van der Waals surface area (Å²) in [5.74, 6) is 0.0846. The summed E-state index contributed by atoms with van der Waals surface area (Å²) < 4.78 is 5.16. The molecule has 0 bridgehead atoms. The SMILES string of the molecule is Nc1[nH]c(N=NC(=O)COc2ccccc2[N+](=O)[O-])c2ccccc12. The van der Waals surface area contributed by atoms with Crippen molar-refractivity contribution >= 4 is 34.0 Å². The third-order valence-corrected chi connectivity index (χ3v) is 3.40. The van der Waals surface area contributed by atoms with E-state index in [1.54, 1.807) is 12.1 Å².